The maximum atomic E-state index is 6.73. The van der Waals surface area contributed by atoms with E-state index in [0.717, 1.165) is 5.92 Å². The minimum Gasteiger partial charge on any atom is -0.323 e. The van der Waals surface area contributed by atoms with E-state index in [0.29, 0.717) is 5.92 Å². The fraction of sp³-hybridized carbons (Fsp3) is 0.400. The van der Waals surface area contributed by atoms with Crippen molar-refractivity contribution < 1.29 is 0 Å². The average Bonchev–Trinajstić information content (AvgIpc) is 2.89. The van der Waals surface area contributed by atoms with Gasteiger partial charge < -0.3 is 5.73 Å². The lowest BCUT2D eigenvalue weighted by molar-refractivity contribution is 0.412. The minimum absolute atomic E-state index is 0.144. The maximum absolute atomic E-state index is 6.73. The van der Waals surface area contributed by atoms with Gasteiger partial charge in [0.1, 0.15) is 0 Å². The smallest absolute Gasteiger partial charge is 0.0367 e. The molecule has 2 aromatic carbocycles. The fourth-order valence-electron chi connectivity index (χ4n) is 4.09. The van der Waals surface area contributed by atoms with E-state index in [2.05, 4.69) is 48.5 Å². The first-order valence-corrected chi connectivity index (χ1v) is 8.27. The van der Waals surface area contributed by atoms with Gasteiger partial charge in [-0.1, -0.05) is 55.0 Å². The van der Waals surface area contributed by atoms with E-state index >= 15 is 0 Å². The van der Waals surface area contributed by atoms with Gasteiger partial charge in [0.25, 0.3) is 0 Å². The summed E-state index contributed by atoms with van der Waals surface area (Å²) in [7, 11) is 0. The molecule has 1 heteroatoms. The molecule has 2 N–H and O–H groups in total. The second kappa shape index (κ2) is 5.31. The molecule has 0 heterocycles. The Hall–Kier alpha value is -1.60. The Morgan fingerprint density at radius 1 is 0.857 bits per heavy atom. The third kappa shape index (κ3) is 2.20. The van der Waals surface area contributed by atoms with Gasteiger partial charge in [-0.15, -0.1) is 0 Å². The van der Waals surface area contributed by atoms with E-state index in [9.17, 15) is 0 Å². The number of fused-ring (bicyclic) bond motifs is 1. The number of aryl methyl sites for hydroxylation is 1. The van der Waals surface area contributed by atoms with Crippen LogP contribution in [0, 0.1) is 0 Å². The molecule has 0 aliphatic heterocycles. The van der Waals surface area contributed by atoms with Crippen molar-refractivity contribution in [2.24, 2.45) is 5.73 Å². The van der Waals surface area contributed by atoms with Crippen LogP contribution in [0.4, 0.5) is 0 Å². The van der Waals surface area contributed by atoms with E-state index < -0.39 is 0 Å². The molecule has 2 aliphatic carbocycles. The first-order chi connectivity index (χ1) is 10.3. The van der Waals surface area contributed by atoms with Crippen LogP contribution in [0.2, 0.25) is 0 Å². The molecule has 108 valence electrons. The van der Waals surface area contributed by atoms with E-state index in [-0.39, 0.29) is 6.04 Å². The van der Waals surface area contributed by atoms with Gasteiger partial charge in [0, 0.05) is 12.0 Å². The highest BCUT2D eigenvalue weighted by Crippen LogP contribution is 2.44. The number of hydrogen-bond acceptors (Lipinski definition) is 1. The predicted octanol–water partition coefficient (Wildman–Crippen LogP) is 4.68. The maximum Gasteiger partial charge on any atom is 0.0367 e. The van der Waals surface area contributed by atoms with Crippen molar-refractivity contribution in [1.29, 1.82) is 0 Å². The molecule has 21 heavy (non-hydrogen) atoms. The van der Waals surface area contributed by atoms with Gasteiger partial charge in [-0.05, 0) is 53.9 Å². The van der Waals surface area contributed by atoms with E-state index in [4.69, 9.17) is 5.73 Å². The number of rotatable bonds is 3. The molecule has 0 radical (unpaired) electrons. The Bertz CT molecular complexity index is 642. The van der Waals surface area contributed by atoms with E-state index in [1.165, 1.54) is 54.4 Å². The van der Waals surface area contributed by atoms with Crippen LogP contribution in [0.1, 0.15) is 65.8 Å². The molecule has 4 rings (SSSR count). The Labute approximate surface area is 127 Å². The van der Waals surface area contributed by atoms with Crippen LogP contribution in [0.15, 0.2) is 48.5 Å². The zero-order valence-electron chi connectivity index (χ0n) is 12.5. The zero-order valence-corrected chi connectivity index (χ0v) is 12.5. The summed E-state index contributed by atoms with van der Waals surface area (Å²) in [5.41, 5.74) is 12.6. The van der Waals surface area contributed by atoms with Crippen molar-refractivity contribution in [3.63, 3.8) is 0 Å². The minimum atomic E-state index is 0.144. The first kappa shape index (κ1) is 13.1. The van der Waals surface area contributed by atoms with E-state index in [1.54, 1.807) is 0 Å². The molecule has 0 bridgehead atoms. The summed E-state index contributed by atoms with van der Waals surface area (Å²) in [6, 6.07) is 17.9. The molecule has 0 amide bonds. The van der Waals surface area contributed by atoms with Crippen molar-refractivity contribution in [2.45, 2.75) is 50.0 Å². The Balaban J connectivity index is 1.68. The molecule has 2 atom stereocenters. The summed E-state index contributed by atoms with van der Waals surface area (Å²) in [6.07, 6.45) is 6.43. The predicted molar refractivity (Wildman–Crippen MR) is 87.5 cm³/mol. The average molecular weight is 277 g/mol. The summed E-state index contributed by atoms with van der Waals surface area (Å²) in [5.74, 6) is 1.24. The molecule has 0 spiro atoms. The van der Waals surface area contributed by atoms with Gasteiger partial charge in [0.05, 0.1) is 0 Å². The van der Waals surface area contributed by atoms with Crippen molar-refractivity contribution in [1.82, 2.24) is 0 Å². The van der Waals surface area contributed by atoms with Crippen LogP contribution >= 0.6 is 0 Å². The summed E-state index contributed by atoms with van der Waals surface area (Å²) < 4.78 is 0. The Morgan fingerprint density at radius 3 is 2.33 bits per heavy atom. The zero-order chi connectivity index (χ0) is 14.2. The number of hydrogen-bond donors (Lipinski definition) is 1. The van der Waals surface area contributed by atoms with Crippen molar-refractivity contribution in [3.8, 4) is 0 Å². The second-order valence-corrected chi connectivity index (χ2v) is 6.63. The van der Waals surface area contributed by atoms with Crippen molar-refractivity contribution in [2.75, 3.05) is 0 Å². The van der Waals surface area contributed by atoms with Gasteiger partial charge in [-0.25, -0.2) is 0 Å². The lowest BCUT2D eigenvalue weighted by atomic mass is 9.75. The fourth-order valence-corrected chi connectivity index (χ4v) is 4.09. The monoisotopic (exact) mass is 277 g/mol. The summed E-state index contributed by atoms with van der Waals surface area (Å²) in [6.45, 7) is 0. The lowest BCUT2D eigenvalue weighted by Crippen LogP contribution is -2.22. The standard InChI is InChI=1S/C20H23N/c21-20(19-13-12-15-6-1-2-9-17(15)19)18-11-4-3-10-16(18)14-7-5-8-14/h1-4,6,9-11,14,19-20H,5,7-8,12-13,21H2. The quantitative estimate of drug-likeness (QED) is 0.865. The molecular weight excluding hydrogens is 254 g/mol. The van der Waals surface area contributed by atoms with Crippen molar-refractivity contribution >= 4 is 0 Å². The summed E-state index contributed by atoms with van der Waals surface area (Å²) in [5, 5.41) is 0. The van der Waals surface area contributed by atoms with Crippen LogP contribution in [0.3, 0.4) is 0 Å². The SMILES string of the molecule is NC(c1ccccc1C1CCC1)C1CCc2ccccc21. The van der Waals surface area contributed by atoms with Crippen molar-refractivity contribution in [3.05, 3.63) is 70.8 Å². The highest BCUT2D eigenvalue weighted by molar-refractivity contribution is 5.41. The molecule has 1 fully saturated rings. The third-order valence-electron chi connectivity index (χ3n) is 5.51. The molecule has 1 saturated carbocycles. The summed E-state index contributed by atoms with van der Waals surface area (Å²) >= 11 is 0. The topological polar surface area (TPSA) is 26.0 Å². The Kier molecular flexibility index (Phi) is 3.31. The van der Waals surface area contributed by atoms with Gasteiger partial charge in [-0.3, -0.25) is 0 Å². The number of nitrogens with two attached hydrogens (primary N) is 1. The van der Waals surface area contributed by atoms with Crippen LogP contribution < -0.4 is 5.73 Å². The normalized spacial score (nSPS) is 22.6. The first-order valence-electron chi connectivity index (χ1n) is 8.27. The largest absolute Gasteiger partial charge is 0.323 e. The summed E-state index contributed by atoms with van der Waals surface area (Å²) in [4.78, 5) is 0. The van der Waals surface area contributed by atoms with Gasteiger partial charge in [-0.2, -0.15) is 0 Å². The molecule has 2 aliphatic rings. The molecular formula is C20H23N. The van der Waals surface area contributed by atoms with Gasteiger partial charge in [0.2, 0.25) is 0 Å². The highest BCUT2D eigenvalue weighted by atomic mass is 14.7. The second-order valence-electron chi connectivity index (χ2n) is 6.63. The molecule has 0 saturated heterocycles. The molecule has 1 nitrogen and oxygen atoms in total. The van der Waals surface area contributed by atoms with Crippen LogP contribution in [0.25, 0.3) is 0 Å². The van der Waals surface area contributed by atoms with Gasteiger partial charge in [0.15, 0.2) is 0 Å². The molecule has 2 unspecified atom stereocenters. The van der Waals surface area contributed by atoms with Crippen LogP contribution in [0.5, 0.6) is 0 Å². The van der Waals surface area contributed by atoms with Crippen LogP contribution in [-0.4, -0.2) is 0 Å². The highest BCUT2D eigenvalue weighted by Gasteiger charge is 2.31. The Morgan fingerprint density at radius 2 is 1.57 bits per heavy atom. The lowest BCUT2D eigenvalue weighted by Gasteiger charge is -2.31. The van der Waals surface area contributed by atoms with E-state index in [1.807, 2.05) is 0 Å². The molecule has 0 aromatic heterocycles. The van der Waals surface area contributed by atoms with Gasteiger partial charge >= 0.3 is 0 Å². The molecule has 2 aromatic rings. The number of benzene rings is 2. The van der Waals surface area contributed by atoms with Crippen LogP contribution in [-0.2, 0) is 6.42 Å². The third-order valence-corrected chi connectivity index (χ3v) is 5.51.